The molecule has 1 aliphatic rings. The molecule has 3 heterocycles. The average molecular weight is 276 g/mol. The summed E-state index contributed by atoms with van der Waals surface area (Å²) < 4.78 is 5.52. The third kappa shape index (κ3) is 3.07. The molecule has 0 aliphatic carbocycles. The smallest absolute Gasteiger partial charge is 0.154 e. The van der Waals surface area contributed by atoms with Crippen LogP contribution in [0.2, 0.25) is 0 Å². The van der Waals surface area contributed by atoms with Gasteiger partial charge in [0.1, 0.15) is 0 Å². The third-order valence-corrected chi connectivity index (χ3v) is 4.64. The molecular formula is C15H20N2OS. The van der Waals surface area contributed by atoms with Gasteiger partial charge in [-0.3, -0.25) is 4.90 Å². The summed E-state index contributed by atoms with van der Waals surface area (Å²) in [5, 5.41) is 6.21. The van der Waals surface area contributed by atoms with Crippen molar-refractivity contribution in [2.75, 3.05) is 6.54 Å². The Kier molecular flexibility index (Phi) is 3.99. The van der Waals surface area contributed by atoms with E-state index in [0.717, 1.165) is 24.5 Å². The lowest BCUT2D eigenvalue weighted by Gasteiger charge is -2.27. The fourth-order valence-corrected chi connectivity index (χ4v) is 3.55. The van der Waals surface area contributed by atoms with Crippen LogP contribution in [-0.2, 0) is 6.54 Å². The molecule has 2 aromatic heterocycles. The van der Waals surface area contributed by atoms with Crippen LogP contribution in [-0.4, -0.2) is 16.6 Å². The van der Waals surface area contributed by atoms with Crippen LogP contribution in [0.3, 0.4) is 0 Å². The maximum Gasteiger partial charge on any atom is 0.154 e. The highest BCUT2D eigenvalue weighted by atomic mass is 32.1. The summed E-state index contributed by atoms with van der Waals surface area (Å²) in [6.07, 6.45) is 5.07. The van der Waals surface area contributed by atoms with Crippen LogP contribution in [0.4, 0.5) is 0 Å². The third-order valence-electron chi connectivity index (χ3n) is 3.78. The summed E-state index contributed by atoms with van der Waals surface area (Å²) in [5.41, 5.74) is 0.982. The van der Waals surface area contributed by atoms with E-state index in [1.165, 1.54) is 30.6 Å². The number of thiophene rings is 1. The highest BCUT2D eigenvalue weighted by molar-refractivity contribution is 7.09. The molecule has 3 nitrogen and oxygen atoms in total. The second-order valence-corrected chi connectivity index (χ2v) is 6.32. The van der Waals surface area contributed by atoms with E-state index in [4.69, 9.17) is 4.52 Å². The molecule has 0 radical (unpaired) electrons. The normalized spacial score (nSPS) is 21.4. The van der Waals surface area contributed by atoms with E-state index in [9.17, 15) is 0 Å². The van der Waals surface area contributed by atoms with Crippen molar-refractivity contribution in [1.82, 2.24) is 10.1 Å². The topological polar surface area (TPSA) is 29.3 Å². The molecule has 2 aromatic rings. The molecule has 102 valence electrons. The highest BCUT2D eigenvalue weighted by Gasteiger charge is 2.26. The molecule has 3 rings (SSSR count). The fraction of sp³-hybridized carbons (Fsp3) is 0.533. The molecule has 1 saturated heterocycles. The zero-order valence-corrected chi connectivity index (χ0v) is 12.2. The number of nitrogens with zero attached hydrogens (tertiary/aromatic N) is 2. The largest absolute Gasteiger partial charge is 0.359 e. The lowest BCUT2D eigenvalue weighted by Crippen LogP contribution is -2.27. The van der Waals surface area contributed by atoms with Gasteiger partial charge in [-0.25, -0.2) is 0 Å². The Morgan fingerprint density at radius 3 is 3.11 bits per heavy atom. The maximum absolute atomic E-state index is 5.52. The quantitative estimate of drug-likeness (QED) is 0.843. The SMILES string of the molecule is Cc1cc(C2CCCCCN2Cc2cccs2)on1. The van der Waals surface area contributed by atoms with Gasteiger partial charge in [0, 0.05) is 17.5 Å². The molecule has 0 N–H and O–H groups in total. The van der Waals surface area contributed by atoms with Crippen molar-refractivity contribution in [1.29, 1.82) is 0 Å². The first kappa shape index (κ1) is 12.9. The van der Waals surface area contributed by atoms with Crippen molar-refractivity contribution in [2.45, 2.75) is 45.2 Å². The molecule has 1 atom stereocenters. The molecule has 0 saturated carbocycles. The number of hydrogen-bond donors (Lipinski definition) is 0. The molecule has 1 aliphatic heterocycles. The van der Waals surface area contributed by atoms with E-state index < -0.39 is 0 Å². The maximum atomic E-state index is 5.52. The van der Waals surface area contributed by atoms with Crippen LogP contribution in [0.5, 0.6) is 0 Å². The molecule has 0 spiro atoms. The van der Waals surface area contributed by atoms with Gasteiger partial charge < -0.3 is 4.52 Å². The molecule has 19 heavy (non-hydrogen) atoms. The van der Waals surface area contributed by atoms with E-state index in [1.54, 1.807) is 0 Å². The summed E-state index contributed by atoms with van der Waals surface area (Å²) in [5.74, 6) is 1.04. The molecule has 0 bridgehead atoms. The minimum absolute atomic E-state index is 0.394. The Labute approximate surface area is 118 Å². The van der Waals surface area contributed by atoms with E-state index in [-0.39, 0.29) is 0 Å². The van der Waals surface area contributed by atoms with Gasteiger partial charge >= 0.3 is 0 Å². The predicted molar refractivity (Wildman–Crippen MR) is 77.2 cm³/mol. The van der Waals surface area contributed by atoms with Crippen molar-refractivity contribution in [3.8, 4) is 0 Å². The van der Waals surface area contributed by atoms with Gasteiger partial charge in [-0.05, 0) is 37.8 Å². The van der Waals surface area contributed by atoms with E-state index >= 15 is 0 Å². The van der Waals surface area contributed by atoms with Gasteiger partial charge in [-0.15, -0.1) is 11.3 Å². The van der Waals surface area contributed by atoms with E-state index in [1.807, 2.05) is 18.3 Å². The van der Waals surface area contributed by atoms with Crippen LogP contribution >= 0.6 is 11.3 Å². The lowest BCUT2D eigenvalue weighted by atomic mass is 10.1. The summed E-state index contributed by atoms with van der Waals surface area (Å²) in [4.78, 5) is 3.99. The van der Waals surface area contributed by atoms with Crippen LogP contribution in [0.25, 0.3) is 0 Å². The number of hydrogen-bond acceptors (Lipinski definition) is 4. The molecular weight excluding hydrogens is 256 g/mol. The number of rotatable bonds is 3. The standard InChI is InChI=1S/C15H20N2OS/c1-12-10-15(18-16-12)14-7-3-2-4-8-17(14)11-13-6-5-9-19-13/h5-6,9-10,14H,2-4,7-8,11H2,1H3. The van der Waals surface area contributed by atoms with Crippen LogP contribution in [0.1, 0.15) is 48.1 Å². The predicted octanol–water partition coefficient (Wildman–Crippen LogP) is 4.16. The number of likely N-dealkylation sites (tertiary alicyclic amines) is 1. The minimum Gasteiger partial charge on any atom is -0.359 e. The summed E-state index contributed by atoms with van der Waals surface area (Å²) >= 11 is 1.84. The Balaban J connectivity index is 1.80. The molecule has 0 aromatic carbocycles. The molecule has 1 unspecified atom stereocenters. The van der Waals surface area contributed by atoms with E-state index in [2.05, 4.69) is 33.6 Å². The van der Waals surface area contributed by atoms with Crippen LogP contribution in [0, 0.1) is 6.92 Å². The Morgan fingerprint density at radius 2 is 2.37 bits per heavy atom. The molecule has 1 fully saturated rings. The minimum atomic E-state index is 0.394. The van der Waals surface area contributed by atoms with Crippen molar-refractivity contribution in [3.05, 3.63) is 39.9 Å². The monoisotopic (exact) mass is 276 g/mol. The molecule has 0 amide bonds. The van der Waals surface area contributed by atoms with Gasteiger partial charge in [0.15, 0.2) is 5.76 Å². The van der Waals surface area contributed by atoms with Crippen molar-refractivity contribution >= 4 is 11.3 Å². The van der Waals surface area contributed by atoms with Crippen LogP contribution < -0.4 is 0 Å². The van der Waals surface area contributed by atoms with E-state index in [0.29, 0.717) is 6.04 Å². The second kappa shape index (κ2) is 5.88. The van der Waals surface area contributed by atoms with Gasteiger partial charge in [-0.1, -0.05) is 24.1 Å². The summed E-state index contributed by atoms with van der Waals surface area (Å²) in [7, 11) is 0. The Bertz CT molecular complexity index is 506. The first-order valence-corrected chi connectivity index (χ1v) is 7.90. The number of aromatic nitrogens is 1. The van der Waals surface area contributed by atoms with Crippen molar-refractivity contribution in [3.63, 3.8) is 0 Å². The first-order chi connectivity index (χ1) is 9.33. The fourth-order valence-electron chi connectivity index (χ4n) is 2.82. The summed E-state index contributed by atoms with van der Waals surface area (Å²) in [6, 6.07) is 6.84. The first-order valence-electron chi connectivity index (χ1n) is 7.02. The van der Waals surface area contributed by atoms with Crippen LogP contribution in [0.15, 0.2) is 28.1 Å². The highest BCUT2D eigenvalue weighted by Crippen LogP contribution is 2.32. The summed E-state index contributed by atoms with van der Waals surface area (Å²) in [6.45, 7) is 4.18. The zero-order valence-electron chi connectivity index (χ0n) is 11.3. The van der Waals surface area contributed by atoms with Gasteiger partial charge in [0.05, 0.1) is 11.7 Å². The van der Waals surface area contributed by atoms with Gasteiger partial charge in [0.2, 0.25) is 0 Å². The van der Waals surface area contributed by atoms with Crippen molar-refractivity contribution < 1.29 is 4.52 Å². The van der Waals surface area contributed by atoms with Gasteiger partial charge in [0.25, 0.3) is 0 Å². The zero-order chi connectivity index (χ0) is 13.1. The van der Waals surface area contributed by atoms with Crippen molar-refractivity contribution in [2.24, 2.45) is 0 Å². The Morgan fingerprint density at radius 1 is 1.42 bits per heavy atom. The average Bonchev–Trinajstić information content (AvgIpc) is 2.99. The molecule has 4 heteroatoms. The lowest BCUT2D eigenvalue weighted by molar-refractivity contribution is 0.161. The second-order valence-electron chi connectivity index (χ2n) is 5.29. The Hall–Kier alpha value is -1.13. The number of aryl methyl sites for hydroxylation is 1. The van der Waals surface area contributed by atoms with Gasteiger partial charge in [-0.2, -0.15) is 0 Å².